The molecule has 2 unspecified atom stereocenters. The van der Waals surface area contributed by atoms with Gasteiger partial charge in [-0.1, -0.05) is 19.9 Å². The van der Waals surface area contributed by atoms with Gasteiger partial charge in [-0.15, -0.1) is 0 Å². The molecule has 0 heterocycles. The van der Waals surface area contributed by atoms with Crippen LogP contribution in [0.25, 0.3) is 0 Å². The van der Waals surface area contributed by atoms with E-state index in [-0.39, 0.29) is 11.8 Å². The minimum Gasteiger partial charge on any atom is -0.314 e. The van der Waals surface area contributed by atoms with E-state index in [1.165, 1.54) is 18.9 Å². The van der Waals surface area contributed by atoms with Crippen LogP contribution in [0, 0.1) is 11.7 Å². The molecule has 1 aromatic rings. The van der Waals surface area contributed by atoms with Crippen molar-refractivity contribution in [1.29, 1.82) is 0 Å². The van der Waals surface area contributed by atoms with Crippen molar-refractivity contribution in [2.24, 2.45) is 5.92 Å². The first-order valence-electron chi connectivity index (χ1n) is 6.89. The number of rotatable bonds is 5. The highest BCUT2D eigenvalue weighted by atomic mass is 19.4. The Morgan fingerprint density at radius 1 is 1.25 bits per heavy atom. The molecule has 1 aromatic carbocycles. The molecule has 1 fully saturated rings. The van der Waals surface area contributed by atoms with Crippen LogP contribution in [-0.2, 0) is 6.18 Å². The molecule has 1 aliphatic carbocycles. The summed E-state index contributed by atoms with van der Waals surface area (Å²) >= 11 is 0. The molecule has 2 rings (SSSR count). The van der Waals surface area contributed by atoms with Gasteiger partial charge in [-0.25, -0.2) is 4.39 Å². The lowest BCUT2D eigenvalue weighted by Gasteiger charge is -2.22. The average molecular weight is 289 g/mol. The van der Waals surface area contributed by atoms with Gasteiger partial charge in [0.15, 0.2) is 0 Å². The second-order valence-electron chi connectivity index (χ2n) is 5.69. The maximum atomic E-state index is 13.3. The van der Waals surface area contributed by atoms with Gasteiger partial charge in [0.2, 0.25) is 0 Å². The van der Waals surface area contributed by atoms with E-state index in [0.29, 0.717) is 11.6 Å². The van der Waals surface area contributed by atoms with E-state index < -0.39 is 17.6 Å². The van der Waals surface area contributed by atoms with Gasteiger partial charge in [0.25, 0.3) is 0 Å². The molecule has 0 bridgehead atoms. The van der Waals surface area contributed by atoms with Crippen LogP contribution in [0.1, 0.15) is 43.7 Å². The summed E-state index contributed by atoms with van der Waals surface area (Å²) in [6, 6.07) is 3.87. The lowest BCUT2D eigenvalue weighted by atomic mass is 9.88. The van der Waals surface area contributed by atoms with Gasteiger partial charge in [0.1, 0.15) is 5.82 Å². The summed E-state index contributed by atoms with van der Waals surface area (Å²) in [6.07, 6.45) is -2.29. The molecule has 1 saturated carbocycles. The number of hydrogen-bond donors (Lipinski definition) is 1. The van der Waals surface area contributed by atoms with E-state index in [1.807, 2.05) is 13.8 Å². The third kappa shape index (κ3) is 3.72. The lowest BCUT2D eigenvalue weighted by Crippen LogP contribution is -2.26. The summed E-state index contributed by atoms with van der Waals surface area (Å²) in [5, 5.41) is 3.37. The fourth-order valence-corrected chi connectivity index (χ4v) is 2.19. The second-order valence-corrected chi connectivity index (χ2v) is 5.69. The summed E-state index contributed by atoms with van der Waals surface area (Å²) in [7, 11) is 0. The first-order valence-corrected chi connectivity index (χ1v) is 6.89. The highest BCUT2D eigenvalue weighted by molar-refractivity contribution is 5.29. The van der Waals surface area contributed by atoms with E-state index in [1.54, 1.807) is 0 Å². The van der Waals surface area contributed by atoms with Crippen molar-refractivity contribution in [1.82, 2.24) is 5.32 Å². The Bertz CT molecular complexity index is 465. The first-order chi connectivity index (χ1) is 9.29. The van der Waals surface area contributed by atoms with E-state index in [4.69, 9.17) is 0 Å². The van der Waals surface area contributed by atoms with Crippen molar-refractivity contribution in [3.8, 4) is 0 Å². The number of hydrogen-bond acceptors (Lipinski definition) is 1. The van der Waals surface area contributed by atoms with Crippen LogP contribution in [0.5, 0.6) is 0 Å². The van der Waals surface area contributed by atoms with Crippen molar-refractivity contribution in [2.45, 2.75) is 44.8 Å². The predicted molar refractivity (Wildman–Crippen MR) is 70.0 cm³/mol. The lowest BCUT2D eigenvalue weighted by molar-refractivity contribution is -0.140. The van der Waals surface area contributed by atoms with E-state index >= 15 is 0 Å². The van der Waals surface area contributed by atoms with Gasteiger partial charge >= 0.3 is 6.18 Å². The minimum absolute atomic E-state index is 0.0528. The summed E-state index contributed by atoms with van der Waals surface area (Å²) in [6.45, 7) is 4.65. The normalized spacial score (nSPS) is 18.9. The molecule has 1 nitrogen and oxygen atoms in total. The molecular formula is C15H19F4N. The molecule has 2 atom stereocenters. The van der Waals surface area contributed by atoms with Gasteiger partial charge in [-0.2, -0.15) is 13.2 Å². The standard InChI is InChI=1S/C15H19F4N/c1-9(8-20-12-4-5-12)10(2)11-3-6-14(16)13(7-11)15(17,18)19/h3,6-7,9-10,12,20H,4-5,8H2,1-2H3. The molecule has 1 aliphatic rings. The number of halogens is 4. The molecule has 0 saturated heterocycles. The highest BCUT2D eigenvalue weighted by Gasteiger charge is 2.34. The Labute approximate surface area is 116 Å². The highest BCUT2D eigenvalue weighted by Crippen LogP contribution is 2.34. The van der Waals surface area contributed by atoms with Crippen molar-refractivity contribution in [3.63, 3.8) is 0 Å². The Hall–Kier alpha value is -1.10. The summed E-state index contributed by atoms with van der Waals surface area (Å²) in [5.41, 5.74) is -0.645. The van der Waals surface area contributed by atoms with Crippen LogP contribution in [0.3, 0.4) is 0 Å². The van der Waals surface area contributed by atoms with Crippen molar-refractivity contribution < 1.29 is 17.6 Å². The zero-order valence-electron chi connectivity index (χ0n) is 11.6. The fourth-order valence-electron chi connectivity index (χ4n) is 2.19. The van der Waals surface area contributed by atoms with Gasteiger partial charge in [0.05, 0.1) is 5.56 Å². The monoisotopic (exact) mass is 289 g/mol. The molecule has 1 N–H and O–H groups in total. The smallest absolute Gasteiger partial charge is 0.314 e. The fraction of sp³-hybridized carbons (Fsp3) is 0.600. The van der Waals surface area contributed by atoms with Crippen molar-refractivity contribution in [2.75, 3.05) is 6.54 Å². The largest absolute Gasteiger partial charge is 0.419 e. The van der Waals surface area contributed by atoms with E-state index in [9.17, 15) is 17.6 Å². The maximum absolute atomic E-state index is 13.3. The van der Waals surface area contributed by atoms with E-state index in [0.717, 1.165) is 18.7 Å². The molecule has 0 aromatic heterocycles. The minimum atomic E-state index is -4.64. The number of nitrogens with one attached hydrogen (secondary N) is 1. The third-order valence-corrected chi connectivity index (χ3v) is 3.98. The molecular weight excluding hydrogens is 270 g/mol. The van der Waals surface area contributed by atoms with Crippen LogP contribution in [0.15, 0.2) is 18.2 Å². The Kier molecular flexibility index (Phi) is 4.37. The first kappa shape index (κ1) is 15.3. The van der Waals surface area contributed by atoms with Gasteiger partial charge in [0, 0.05) is 6.04 Å². The summed E-state index contributed by atoms with van der Waals surface area (Å²) in [5.74, 6) is -1.07. The topological polar surface area (TPSA) is 12.0 Å². The summed E-state index contributed by atoms with van der Waals surface area (Å²) in [4.78, 5) is 0. The van der Waals surface area contributed by atoms with Crippen molar-refractivity contribution in [3.05, 3.63) is 35.1 Å². The van der Waals surface area contributed by atoms with Gasteiger partial charge in [-0.3, -0.25) is 0 Å². The van der Waals surface area contributed by atoms with Crippen LogP contribution in [0.4, 0.5) is 17.6 Å². The number of alkyl halides is 3. The Balaban J connectivity index is 2.10. The molecule has 0 amide bonds. The molecule has 0 radical (unpaired) electrons. The zero-order chi connectivity index (χ0) is 14.9. The molecule has 0 spiro atoms. The molecule has 5 heteroatoms. The zero-order valence-corrected chi connectivity index (χ0v) is 11.6. The molecule has 0 aliphatic heterocycles. The van der Waals surface area contributed by atoms with Crippen LogP contribution < -0.4 is 5.32 Å². The van der Waals surface area contributed by atoms with Crippen LogP contribution >= 0.6 is 0 Å². The quantitative estimate of drug-likeness (QED) is 0.795. The SMILES string of the molecule is CC(CNC1CC1)C(C)c1ccc(F)c(C(F)(F)F)c1. The Morgan fingerprint density at radius 3 is 2.45 bits per heavy atom. The van der Waals surface area contributed by atoms with Crippen molar-refractivity contribution >= 4 is 0 Å². The van der Waals surface area contributed by atoms with Gasteiger partial charge < -0.3 is 5.32 Å². The summed E-state index contributed by atoms with van der Waals surface area (Å²) < 4.78 is 51.4. The van der Waals surface area contributed by atoms with Crippen LogP contribution in [0.2, 0.25) is 0 Å². The average Bonchev–Trinajstić information content (AvgIpc) is 3.18. The predicted octanol–water partition coefficient (Wildman–Crippen LogP) is 4.34. The van der Waals surface area contributed by atoms with Crippen LogP contribution in [-0.4, -0.2) is 12.6 Å². The van der Waals surface area contributed by atoms with E-state index in [2.05, 4.69) is 5.32 Å². The molecule has 112 valence electrons. The third-order valence-electron chi connectivity index (χ3n) is 3.98. The number of benzene rings is 1. The maximum Gasteiger partial charge on any atom is 0.419 e. The molecule has 20 heavy (non-hydrogen) atoms. The Morgan fingerprint density at radius 2 is 1.90 bits per heavy atom. The van der Waals surface area contributed by atoms with Gasteiger partial charge in [-0.05, 0) is 48.9 Å². The second kappa shape index (κ2) is 5.72.